The Labute approximate surface area is 153 Å². The predicted octanol–water partition coefficient (Wildman–Crippen LogP) is 2.36. The van der Waals surface area contributed by atoms with Gasteiger partial charge in [0.25, 0.3) is 11.8 Å². The van der Waals surface area contributed by atoms with Gasteiger partial charge >= 0.3 is 0 Å². The summed E-state index contributed by atoms with van der Waals surface area (Å²) in [5.41, 5.74) is 3.28. The third kappa shape index (κ3) is 3.86. The summed E-state index contributed by atoms with van der Waals surface area (Å²) in [5.74, 6) is -0.0274. The molecule has 1 unspecified atom stereocenters. The SMILES string of the molecule is Cc1ccc(C(CNC(=O)c2cccc3c2OCC(=O)N3)N(C)C)cc1. The summed E-state index contributed by atoms with van der Waals surface area (Å²) in [6, 6.07) is 13.5. The van der Waals surface area contributed by atoms with E-state index in [0.29, 0.717) is 23.5 Å². The lowest BCUT2D eigenvalue weighted by molar-refractivity contribution is -0.118. The van der Waals surface area contributed by atoms with Crippen LogP contribution in [-0.4, -0.2) is 44.0 Å². The topological polar surface area (TPSA) is 70.7 Å². The summed E-state index contributed by atoms with van der Waals surface area (Å²) >= 11 is 0. The molecule has 26 heavy (non-hydrogen) atoms. The normalized spacial score (nSPS) is 14.2. The van der Waals surface area contributed by atoms with Crippen LogP contribution in [0.15, 0.2) is 42.5 Å². The Morgan fingerprint density at radius 3 is 2.65 bits per heavy atom. The lowest BCUT2D eigenvalue weighted by atomic mass is 10.0. The molecule has 2 aromatic carbocycles. The third-order valence-electron chi connectivity index (χ3n) is 4.42. The number of nitrogens with one attached hydrogen (secondary N) is 2. The monoisotopic (exact) mass is 353 g/mol. The summed E-state index contributed by atoms with van der Waals surface area (Å²) < 4.78 is 5.46. The molecular weight excluding hydrogens is 330 g/mol. The average molecular weight is 353 g/mol. The van der Waals surface area contributed by atoms with E-state index in [4.69, 9.17) is 4.74 Å². The van der Waals surface area contributed by atoms with Gasteiger partial charge in [0.2, 0.25) is 0 Å². The Hall–Kier alpha value is -2.86. The largest absolute Gasteiger partial charge is 0.481 e. The van der Waals surface area contributed by atoms with Gasteiger partial charge in [-0.15, -0.1) is 0 Å². The van der Waals surface area contributed by atoms with Gasteiger partial charge in [0.15, 0.2) is 12.4 Å². The van der Waals surface area contributed by atoms with Gasteiger partial charge in [0, 0.05) is 6.54 Å². The molecule has 2 aromatic rings. The molecule has 1 aliphatic heterocycles. The van der Waals surface area contributed by atoms with Gasteiger partial charge in [-0.1, -0.05) is 35.9 Å². The van der Waals surface area contributed by atoms with Gasteiger partial charge in [-0.25, -0.2) is 0 Å². The van der Waals surface area contributed by atoms with E-state index in [1.807, 2.05) is 21.0 Å². The molecule has 3 rings (SSSR count). The summed E-state index contributed by atoms with van der Waals surface area (Å²) in [6.07, 6.45) is 0. The fourth-order valence-corrected chi connectivity index (χ4v) is 2.97. The number of carbonyl (C=O) groups is 2. The molecule has 0 saturated carbocycles. The number of fused-ring (bicyclic) bond motifs is 1. The highest BCUT2D eigenvalue weighted by atomic mass is 16.5. The lowest BCUT2D eigenvalue weighted by Crippen LogP contribution is -2.35. The van der Waals surface area contributed by atoms with Gasteiger partial charge in [0.05, 0.1) is 17.3 Å². The van der Waals surface area contributed by atoms with E-state index in [9.17, 15) is 9.59 Å². The molecule has 1 aliphatic rings. The Bertz CT molecular complexity index is 816. The number of benzene rings is 2. The average Bonchev–Trinajstić information content (AvgIpc) is 2.62. The van der Waals surface area contributed by atoms with E-state index in [0.717, 1.165) is 5.56 Å². The molecule has 0 aliphatic carbocycles. The molecule has 0 bridgehead atoms. The van der Waals surface area contributed by atoms with E-state index in [2.05, 4.69) is 39.8 Å². The minimum absolute atomic E-state index is 0.0553. The van der Waals surface area contributed by atoms with Gasteiger partial charge < -0.3 is 20.3 Å². The van der Waals surface area contributed by atoms with Crippen molar-refractivity contribution in [2.24, 2.45) is 0 Å². The van der Waals surface area contributed by atoms with Crippen molar-refractivity contribution < 1.29 is 14.3 Å². The van der Waals surface area contributed by atoms with Crippen molar-refractivity contribution in [3.8, 4) is 5.75 Å². The van der Waals surface area contributed by atoms with Gasteiger partial charge in [-0.05, 0) is 38.7 Å². The second-order valence-electron chi connectivity index (χ2n) is 6.62. The number of hydrogen-bond acceptors (Lipinski definition) is 4. The van der Waals surface area contributed by atoms with Crippen LogP contribution in [0.4, 0.5) is 5.69 Å². The number of likely N-dealkylation sites (N-methyl/N-ethyl adjacent to an activating group) is 1. The molecule has 0 radical (unpaired) electrons. The predicted molar refractivity (Wildman–Crippen MR) is 101 cm³/mol. The van der Waals surface area contributed by atoms with Crippen LogP contribution < -0.4 is 15.4 Å². The summed E-state index contributed by atoms with van der Waals surface area (Å²) in [7, 11) is 3.97. The second kappa shape index (κ2) is 7.58. The molecule has 2 N–H and O–H groups in total. The van der Waals surface area contributed by atoms with E-state index < -0.39 is 0 Å². The number of nitrogens with zero attached hydrogens (tertiary/aromatic N) is 1. The van der Waals surface area contributed by atoms with Crippen molar-refractivity contribution in [2.75, 3.05) is 32.6 Å². The number of rotatable bonds is 5. The van der Waals surface area contributed by atoms with E-state index in [1.165, 1.54) is 5.56 Å². The minimum Gasteiger partial charge on any atom is -0.481 e. The first-order valence-electron chi connectivity index (χ1n) is 8.52. The maximum atomic E-state index is 12.7. The number of ether oxygens (including phenoxy) is 1. The molecule has 6 nitrogen and oxygen atoms in total. The number of hydrogen-bond donors (Lipinski definition) is 2. The first kappa shape index (κ1) is 17.9. The summed E-state index contributed by atoms with van der Waals surface area (Å²) in [4.78, 5) is 26.2. The van der Waals surface area contributed by atoms with E-state index in [1.54, 1.807) is 18.2 Å². The maximum absolute atomic E-state index is 12.7. The highest BCUT2D eigenvalue weighted by Crippen LogP contribution is 2.31. The number of amides is 2. The molecular formula is C20H23N3O3. The standard InChI is InChI=1S/C20H23N3O3/c1-13-7-9-14(10-8-13)17(23(2)3)11-21-20(25)15-5-4-6-16-19(15)26-12-18(24)22-16/h4-10,17H,11-12H2,1-3H3,(H,21,25)(H,22,24). The molecule has 0 saturated heterocycles. The van der Waals surface area contributed by atoms with Crippen LogP contribution >= 0.6 is 0 Å². The number of anilines is 1. The number of aryl methyl sites for hydroxylation is 1. The van der Waals surface area contributed by atoms with Crippen molar-refractivity contribution in [1.82, 2.24) is 10.2 Å². The highest BCUT2D eigenvalue weighted by Gasteiger charge is 2.23. The first-order chi connectivity index (χ1) is 12.5. The van der Waals surface area contributed by atoms with Gasteiger partial charge in [-0.3, -0.25) is 9.59 Å². The van der Waals surface area contributed by atoms with E-state index >= 15 is 0 Å². The van der Waals surface area contributed by atoms with Crippen molar-refractivity contribution >= 4 is 17.5 Å². The first-order valence-corrected chi connectivity index (χ1v) is 8.52. The van der Waals surface area contributed by atoms with Crippen LogP contribution in [0, 0.1) is 6.92 Å². The minimum atomic E-state index is -0.225. The van der Waals surface area contributed by atoms with Crippen LogP contribution in [-0.2, 0) is 4.79 Å². The quantitative estimate of drug-likeness (QED) is 0.866. The zero-order valence-electron chi connectivity index (χ0n) is 15.2. The Balaban J connectivity index is 1.74. The van der Waals surface area contributed by atoms with Crippen molar-refractivity contribution in [2.45, 2.75) is 13.0 Å². The van der Waals surface area contributed by atoms with Gasteiger partial charge in [0.1, 0.15) is 0 Å². The Morgan fingerprint density at radius 2 is 1.96 bits per heavy atom. The fraction of sp³-hybridized carbons (Fsp3) is 0.300. The van der Waals surface area contributed by atoms with E-state index in [-0.39, 0.29) is 24.5 Å². The van der Waals surface area contributed by atoms with Crippen molar-refractivity contribution in [3.05, 3.63) is 59.2 Å². The highest BCUT2D eigenvalue weighted by molar-refractivity contribution is 6.03. The second-order valence-corrected chi connectivity index (χ2v) is 6.62. The van der Waals surface area contributed by atoms with Crippen molar-refractivity contribution in [3.63, 3.8) is 0 Å². The van der Waals surface area contributed by atoms with Crippen LogP contribution in [0.2, 0.25) is 0 Å². The maximum Gasteiger partial charge on any atom is 0.262 e. The molecule has 2 amide bonds. The number of para-hydroxylation sites is 1. The number of carbonyl (C=O) groups excluding carboxylic acids is 2. The molecule has 6 heteroatoms. The Morgan fingerprint density at radius 1 is 1.23 bits per heavy atom. The zero-order valence-corrected chi connectivity index (χ0v) is 15.2. The van der Waals surface area contributed by atoms with Gasteiger partial charge in [-0.2, -0.15) is 0 Å². The molecule has 1 heterocycles. The molecule has 0 fully saturated rings. The lowest BCUT2D eigenvalue weighted by Gasteiger charge is -2.26. The van der Waals surface area contributed by atoms with Crippen LogP contribution in [0.1, 0.15) is 27.5 Å². The van der Waals surface area contributed by atoms with Crippen LogP contribution in [0.3, 0.4) is 0 Å². The smallest absolute Gasteiger partial charge is 0.262 e. The molecule has 1 atom stereocenters. The third-order valence-corrected chi connectivity index (χ3v) is 4.42. The molecule has 0 spiro atoms. The van der Waals surface area contributed by atoms with Crippen molar-refractivity contribution in [1.29, 1.82) is 0 Å². The Kier molecular flexibility index (Phi) is 5.23. The fourth-order valence-electron chi connectivity index (χ4n) is 2.97. The molecule has 0 aromatic heterocycles. The zero-order chi connectivity index (χ0) is 18.7. The summed E-state index contributed by atoms with van der Waals surface area (Å²) in [5, 5.41) is 5.70. The van der Waals surface area contributed by atoms with Crippen LogP contribution in [0.25, 0.3) is 0 Å². The van der Waals surface area contributed by atoms with Crippen LogP contribution in [0.5, 0.6) is 5.75 Å². The summed E-state index contributed by atoms with van der Waals surface area (Å²) in [6.45, 7) is 2.43. The molecule has 136 valence electrons.